The van der Waals surface area contributed by atoms with E-state index in [2.05, 4.69) is 5.10 Å². The van der Waals surface area contributed by atoms with Crippen molar-refractivity contribution in [2.45, 2.75) is 44.1 Å². The van der Waals surface area contributed by atoms with Crippen molar-refractivity contribution in [3.8, 4) is 0 Å². The molecule has 0 spiro atoms. The maximum absolute atomic E-state index is 13.3. The summed E-state index contributed by atoms with van der Waals surface area (Å²) in [5.41, 5.74) is 6.96. The molecule has 1 aromatic heterocycles. The summed E-state index contributed by atoms with van der Waals surface area (Å²) in [5, 5.41) is 4.05. The fraction of sp³-hybridized carbons (Fsp3) is 0.750. The molecule has 1 saturated carbocycles. The van der Waals surface area contributed by atoms with Crippen LogP contribution in [0.15, 0.2) is 12.4 Å². The number of hydrogen-bond donors (Lipinski definition) is 1. The van der Waals surface area contributed by atoms with Crippen LogP contribution in [-0.2, 0) is 7.05 Å². The molecular formula is C12H19F2N3. The Labute approximate surface area is 100.0 Å². The van der Waals surface area contributed by atoms with Gasteiger partial charge in [0.2, 0.25) is 5.92 Å². The molecule has 3 nitrogen and oxygen atoms in total. The van der Waals surface area contributed by atoms with Gasteiger partial charge in [-0.25, -0.2) is 8.78 Å². The van der Waals surface area contributed by atoms with Crippen molar-refractivity contribution >= 4 is 0 Å². The minimum atomic E-state index is -2.49. The van der Waals surface area contributed by atoms with E-state index < -0.39 is 5.92 Å². The molecule has 0 aromatic carbocycles. The molecular weight excluding hydrogens is 224 g/mol. The lowest BCUT2D eigenvalue weighted by Crippen LogP contribution is -2.28. The Kier molecular flexibility index (Phi) is 3.47. The monoisotopic (exact) mass is 243 g/mol. The summed E-state index contributed by atoms with van der Waals surface area (Å²) >= 11 is 0. The number of hydrogen-bond acceptors (Lipinski definition) is 2. The first-order valence-electron chi connectivity index (χ1n) is 6.08. The first-order chi connectivity index (χ1) is 7.96. The molecule has 1 aliphatic rings. The van der Waals surface area contributed by atoms with Gasteiger partial charge in [0.25, 0.3) is 0 Å². The number of rotatable bonds is 3. The van der Waals surface area contributed by atoms with Crippen molar-refractivity contribution in [2.24, 2.45) is 18.7 Å². The van der Waals surface area contributed by atoms with Crippen molar-refractivity contribution in [1.29, 1.82) is 0 Å². The predicted molar refractivity (Wildman–Crippen MR) is 61.7 cm³/mol. The Hall–Kier alpha value is -0.970. The van der Waals surface area contributed by atoms with Crippen LogP contribution in [0.1, 0.15) is 43.7 Å². The Morgan fingerprint density at radius 3 is 3.00 bits per heavy atom. The minimum Gasteiger partial charge on any atom is -0.324 e. The molecule has 0 saturated heterocycles. The van der Waals surface area contributed by atoms with Crippen LogP contribution in [0, 0.1) is 5.92 Å². The Bertz CT molecular complexity index is 376. The number of aromatic nitrogens is 2. The third kappa shape index (κ3) is 3.25. The largest absolute Gasteiger partial charge is 0.324 e. The van der Waals surface area contributed by atoms with E-state index in [9.17, 15) is 8.78 Å². The molecule has 2 unspecified atom stereocenters. The van der Waals surface area contributed by atoms with Crippen LogP contribution < -0.4 is 5.73 Å². The zero-order chi connectivity index (χ0) is 12.5. The van der Waals surface area contributed by atoms with Crippen molar-refractivity contribution in [3.05, 3.63) is 18.0 Å². The van der Waals surface area contributed by atoms with Gasteiger partial charge in [-0.15, -0.1) is 0 Å². The second-order valence-electron chi connectivity index (χ2n) is 5.11. The maximum atomic E-state index is 13.3. The lowest BCUT2D eigenvalue weighted by molar-refractivity contribution is -0.0543. The topological polar surface area (TPSA) is 43.8 Å². The van der Waals surface area contributed by atoms with Gasteiger partial charge in [-0.1, -0.05) is 0 Å². The quantitative estimate of drug-likeness (QED) is 0.886. The van der Waals surface area contributed by atoms with E-state index in [4.69, 9.17) is 5.73 Å². The number of alkyl halides is 2. The summed E-state index contributed by atoms with van der Waals surface area (Å²) in [6.07, 6.45) is 5.69. The molecule has 2 rings (SSSR count). The van der Waals surface area contributed by atoms with Gasteiger partial charge in [-0.05, 0) is 25.2 Å². The summed E-state index contributed by atoms with van der Waals surface area (Å²) in [6.45, 7) is 0. The molecule has 1 heterocycles. The Morgan fingerprint density at radius 1 is 1.65 bits per heavy atom. The minimum absolute atomic E-state index is 0.0129. The summed E-state index contributed by atoms with van der Waals surface area (Å²) in [7, 11) is 1.82. The first-order valence-corrected chi connectivity index (χ1v) is 6.08. The van der Waals surface area contributed by atoms with Gasteiger partial charge < -0.3 is 5.73 Å². The maximum Gasteiger partial charge on any atom is 0.248 e. The van der Waals surface area contributed by atoms with Gasteiger partial charge in [0.1, 0.15) is 0 Å². The van der Waals surface area contributed by atoms with Gasteiger partial charge in [0.15, 0.2) is 0 Å². The molecule has 5 heteroatoms. The van der Waals surface area contributed by atoms with Crippen LogP contribution in [0.5, 0.6) is 0 Å². The van der Waals surface area contributed by atoms with Crippen LogP contribution >= 0.6 is 0 Å². The molecule has 1 fully saturated rings. The Morgan fingerprint density at radius 2 is 2.41 bits per heavy atom. The van der Waals surface area contributed by atoms with Crippen LogP contribution in [0.4, 0.5) is 8.78 Å². The van der Waals surface area contributed by atoms with Gasteiger partial charge in [0.05, 0.1) is 6.20 Å². The van der Waals surface area contributed by atoms with E-state index in [1.54, 1.807) is 10.9 Å². The summed E-state index contributed by atoms with van der Waals surface area (Å²) in [6, 6.07) is -0.178. The van der Waals surface area contributed by atoms with Crippen LogP contribution in [0.25, 0.3) is 0 Å². The van der Waals surface area contributed by atoms with Crippen molar-refractivity contribution in [3.63, 3.8) is 0 Å². The highest BCUT2D eigenvalue weighted by atomic mass is 19.3. The average molecular weight is 243 g/mol. The second kappa shape index (κ2) is 4.72. The summed E-state index contributed by atoms with van der Waals surface area (Å²) < 4.78 is 28.2. The smallest absolute Gasteiger partial charge is 0.248 e. The highest BCUT2D eigenvalue weighted by Crippen LogP contribution is 2.39. The standard InChI is InChI=1S/C12H19F2N3/c1-17-8-10(7-16-17)11(15)5-9-3-2-4-12(13,14)6-9/h7-9,11H,2-6,15H2,1H3. The molecule has 1 aromatic rings. The molecule has 1 aliphatic carbocycles. The zero-order valence-corrected chi connectivity index (χ0v) is 10.1. The summed E-state index contributed by atoms with van der Waals surface area (Å²) in [5.74, 6) is -2.45. The van der Waals surface area contributed by atoms with E-state index >= 15 is 0 Å². The number of aryl methyl sites for hydroxylation is 1. The lowest BCUT2D eigenvalue weighted by Gasteiger charge is -2.30. The van der Waals surface area contributed by atoms with Gasteiger partial charge in [0, 0.05) is 37.7 Å². The zero-order valence-electron chi connectivity index (χ0n) is 10.1. The molecule has 96 valence electrons. The molecule has 0 amide bonds. The van der Waals surface area contributed by atoms with Crippen LogP contribution in [-0.4, -0.2) is 15.7 Å². The van der Waals surface area contributed by atoms with Gasteiger partial charge >= 0.3 is 0 Å². The van der Waals surface area contributed by atoms with Crippen molar-refractivity contribution < 1.29 is 8.78 Å². The first kappa shape index (κ1) is 12.5. The molecule has 0 aliphatic heterocycles. The summed E-state index contributed by atoms with van der Waals surface area (Å²) in [4.78, 5) is 0. The fourth-order valence-electron chi connectivity index (χ4n) is 2.60. The SMILES string of the molecule is Cn1cc(C(N)CC2CCCC(F)(F)C2)cn1. The normalized spacial score (nSPS) is 25.8. The number of nitrogens with two attached hydrogens (primary N) is 1. The van der Waals surface area contributed by atoms with E-state index in [0.717, 1.165) is 12.0 Å². The van der Waals surface area contributed by atoms with Gasteiger partial charge in [-0.3, -0.25) is 4.68 Å². The third-order valence-electron chi connectivity index (χ3n) is 3.48. The number of nitrogens with zero attached hydrogens (tertiary/aromatic N) is 2. The predicted octanol–water partition coefficient (Wildman–Crippen LogP) is 2.64. The average Bonchev–Trinajstić information content (AvgIpc) is 2.63. The van der Waals surface area contributed by atoms with Crippen LogP contribution in [0.2, 0.25) is 0 Å². The van der Waals surface area contributed by atoms with E-state index in [1.807, 2.05) is 13.2 Å². The third-order valence-corrected chi connectivity index (χ3v) is 3.48. The molecule has 0 bridgehead atoms. The van der Waals surface area contributed by atoms with Crippen molar-refractivity contribution in [1.82, 2.24) is 9.78 Å². The van der Waals surface area contributed by atoms with Crippen LogP contribution in [0.3, 0.4) is 0 Å². The van der Waals surface area contributed by atoms with E-state index in [0.29, 0.717) is 12.8 Å². The second-order valence-corrected chi connectivity index (χ2v) is 5.11. The Balaban J connectivity index is 1.92. The van der Waals surface area contributed by atoms with E-state index in [1.165, 1.54) is 0 Å². The molecule has 2 N–H and O–H groups in total. The molecule has 2 atom stereocenters. The fourth-order valence-corrected chi connectivity index (χ4v) is 2.60. The van der Waals surface area contributed by atoms with Gasteiger partial charge in [-0.2, -0.15) is 5.10 Å². The highest BCUT2D eigenvalue weighted by Gasteiger charge is 2.36. The van der Waals surface area contributed by atoms with Crippen molar-refractivity contribution in [2.75, 3.05) is 0 Å². The lowest BCUT2D eigenvalue weighted by atomic mass is 9.82. The molecule has 17 heavy (non-hydrogen) atoms. The molecule has 0 radical (unpaired) electrons. The highest BCUT2D eigenvalue weighted by molar-refractivity contribution is 5.09. The number of halogens is 2. The van der Waals surface area contributed by atoms with E-state index in [-0.39, 0.29) is 24.8 Å².